The number of likely N-dealkylation sites (N-methyl/N-ethyl adjacent to an activating group) is 1. The third-order valence-electron chi connectivity index (χ3n) is 3.47. The predicted octanol–water partition coefficient (Wildman–Crippen LogP) is 2.54. The Morgan fingerprint density at radius 2 is 2.17 bits per heavy atom. The first-order valence-corrected chi connectivity index (χ1v) is 6.13. The highest BCUT2D eigenvalue weighted by atomic mass is 16.5. The van der Waals surface area contributed by atoms with Gasteiger partial charge in [-0.2, -0.15) is 0 Å². The number of amidine groups is 1. The molecule has 0 bridgehead atoms. The Hall–Kier alpha value is -1.84. The summed E-state index contributed by atoms with van der Waals surface area (Å²) in [4.78, 5) is 13.0. The number of methoxy groups -OCH3 is 1. The van der Waals surface area contributed by atoms with Gasteiger partial charge in [-0.3, -0.25) is 10.2 Å². The Kier molecular flexibility index (Phi) is 3.65. The molecule has 2 rings (SSSR count). The van der Waals surface area contributed by atoms with E-state index in [-0.39, 0.29) is 11.9 Å². The predicted molar refractivity (Wildman–Crippen MR) is 71.2 cm³/mol. The molecule has 0 aromatic heterocycles. The van der Waals surface area contributed by atoms with Crippen LogP contribution < -0.4 is 4.90 Å². The summed E-state index contributed by atoms with van der Waals surface area (Å²) in [5.74, 6) is 0.540. The topological polar surface area (TPSA) is 53.4 Å². The van der Waals surface area contributed by atoms with Gasteiger partial charge in [0.1, 0.15) is 5.84 Å². The standard InChI is InChI=1S/C14H18N2O2/c1-16-12-8-4-3-6-10(12)11(14(16)15)7-5-9-13(17)18-2/h3-4,6,8,11,15H,5,7,9H2,1-2H3. The molecule has 0 radical (unpaired) electrons. The summed E-state index contributed by atoms with van der Waals surface area (Å²) in [6.07, 6.45) is 1.99. The number of nitrogens with one attached hydrogen (secondary N) is 1. The number of nitrogens with zero attached hydrogens (tertiary/aromatic N) is 1. The Balaban J connectivity index is 2.05. The molecule has 0 spiro atoms. The fourth-order valence-electron chi connectivity index (χ4n) is 2.44. The van der Waals surface area contributed by atoms with Gasteiger partial charge in [0.2, 0.25) is 0 Å². The highest BCUT2D eigenvalue weighted by Crippen LogP contribution is 2.38. The first-order valence-electron chi connectivity index (χ1n) is 6.13. The molecule has 1 atom stereocenters. The smallest absolute Gasteiger partial charge is 0.305 e. The average molecular weight is 246 g/mol. The molecule has 1 aliphatic rings. The van der Waals surface area contributed by atoms with Gasteiger partial charge in [0.05, 0.1) is 7.11 Å². The number of ether oxygens (including phenoxy) is 1. The molecule has 1 aliphatic heterocycles. The molecule has 4 nitrogen and oxygen atoms in total. The minimum atomic E-state index is -0.179. The fraction of sp³-hybridized carbons (Fsp3) is 0.429. The highest BCUT2D eigenvalue weighted by molar-refractivity contribution is 6.06. The van der Waals surface area contributed by atoms with Crippen LogP contribution in [0.4, 0.5) is 5.69 Å². The molecule has 0 saturated carbocycles. The zero-order valence-electron chi connectivity index (χ0n) is 10.8. The van der Waals surface area contributed by atoms with Gasteiger partial charge in [-0.25, -0.2) is 0 Å². The largest absolute Gasteiger partial charge is 0.469 e. The van der Waals surface area contributed by atoms with Gasteiger partial charge in [-0.15, -0.1) is 0 Å². The van der Waals surface area contributed by atoms with Crippen molar-refractivity contribution in [3.63, 3.8) is 0 Å². The van der Waals surface area contributed by atoms with Crippen LogP contribution in [0.3, 0.4) is 0 Å². The number of carbonyl (C=O) groups excluding carboxylic acids is 1. The van der Waals surface area contributed by atoms with Crippen molar-refractivity contribution < 1.29 is 9.53 Å². The molecule has 0 fully saturated rings. The fourth-order valence-corrected chi connectivity index (χ4v) is 2.44. The first-order chi connectivity index (χ1) is 8.65. The van der Waals surface area contributed by atoms with E-state index in [4.69, 9.17) is 5.41 Å². The molecule has 96 valence electrons. The zero-order chi connectivity index (χ0) is 13.1. The average Bonchev–Trinajstić information content (AvgIpc) is 2.64. The van der Waals surface area contributed by atoms with E-state index in [1.54, 1.807) is 0 Å². The molecule has 1 N–H and O–H groups in total. The summed E-state index contributed by atoms with van der Waals surface area (Å²) in [5, 5.41) is 8.14. The lowest BCUT2D eigenvalue weighted by molar-refractivity contribution is -0.140. The summed E-state index contributed by atoms with van der Waals surface area (Å²) < 4.78 is 4.63. The molecular formula is C14H18N2O2. The molecule has 1 unspecified atom stereocenters. The summed E-state index contributed by atoms with van der Waals surface area (Å²) >= 11 is 0. The Morgan fingerprint density at radius 3 is 2.89 bits per heavy atom. The van der Waals surface area contributed by atoms with E-state index >= 15 is 0 Å². The van der Waals surface area contributed by atoms with Crippen LogP contribution >= 0.6 is 0 Å². The van der Waals surface area contributed by atoms with Gasteiger partial charge in [-0.05, 0) is 24.5 Å². The van der Waals surface area contributed by atoms with Crippen LogP contribution in [0.15, 0.2) is 24.3 Å². The van der Waals surface area contributed by atoms with Crippen molar-refractivity contribution in [3.05, 3.63) is 29.8 Å². The monoisotopic (exact) mass is 246 g/mol. The molecule has 1 heterocycles. The number of benzene rings is 1. The molecule has 18 heavy (non-hydrogen) atoms. The van der Waals surface area contributed by atoms with E-state index in [1.165, 1.54) is 12.7 Å². The van der Waals surface area contributed by atoms with Crippen LogP contribution in [0.25, 0.3) is 0 Å². The lowest BCUT2D eigenvalue weighted by atomic mass is 9.94. The van der Waals surface area contributed by atoms with Crippen molar-refractivity contribution in [2.45, 2.75) is 25.2 Å². The van der Waals surface area contributed by atoms with E-state index in [1.807, 2.05) is 30.1 Å². The quantitative estimate of drug-likeness (QED) is 0.831. The van der Waals surface area contributed by atoms with E-state index in [2.05, 4.69) is 10.8 Å². The molecule has 0 saturated heterocycles. The number of anilines is 1. The molecular weight excluding hydrogens is 228 g/mol. The molecule has 1 aromatic carbocycles. The maximum Gasteiger partial charge on any atom is 0.305 e. The van der Waals surface area contributed by atoms with E-state index in [0.717, 1.165) is 18.5 Å². The van der Waals surface area contributed by atoms with Crippen molar-refractivity contribution in [2.24, 2.45) is 0 Å². The molecule has 0 amide bonds. The van der Waals surface area contributed by atoms with Crippen molar-refractivity contribution in [1.82, 2.24) is 0 Å². The van der Waals surface area contributed by atoms with Crippen molar-refractivity contribution in [1.29, 1.82) is 5.41 Å². The number of carbonyl (C=O) groups is 1. The number of hydrogen-bond acceptors (Lipinski definition) is 3. The third-order valence-corrected chi connectivity index (χ3v) is 3.47. The Bertz CT molecular complexity index is 471. The second-order valence-electron chi connectivity index (χ2n) is 4.52. The molecule has 1 aromatic rings. The Labute approximate surface area is 107 Å². The van der Waals surface area contributed by atoms with Gasteiger partial charge in [-0.1, -0.05) is 18.2 Å². The summed E-state index contributed by atoms with van der Waals surface area (Å²) in [5.41, 5.74) is 2.29. The summed E-state index contributed by atoms with van der Waals surface area (Å²) in [6, 6.07) is 8.08. The third kappa shape index (κ3) is 2.23. The van der Waals surface area contributed by atoms with Crippen molar-refractivity contribution in [3.8, 4) is 0 Å². The van der Waals surface area contributed by atoms with Crippen LogP contribution in [0.2, 0.25) is 0 Å². The minimum absolute atomic E-state index is 0.107. The highest BCUT2D eigenvalue weighted by Gasteiger charge is 2.31. The van der Waals surface area contributed by atoms with Crippen molar-refractivity contribution >= 4 is 17.5 Å². The van der Waals surface area contributed by atoms with Crippen LogP contribution in [0.1, 0.15) is 30.7 Å². The number of para-hydroxylation sites is 1. The SMILES string of the molecule is COC(=O)CCCC1C(=N)N(C)c2ccccc21. The Morgan fingerprint density at radius 1 is 1.44 bits per heavy atom. The maximum atomic E-state index is 11.1. The first kappa shape index (κ1) is 12.6. The number of hydrogen-bond donors (Lipinski definition) is 1. The van der Waals surface area contributed by atoms with Gasteiger partial charge < -0.3 is 9.64 Å². The molecule has 0 aliphatic carbocycles. The second kappa shape index (κ2) is 5.21. The minimum Gasteiger partial charge on any atom is -0.469 e. The number of fused-ring (bicyclic) bond motifs is 1. The zero-order valence-corrected chi connectivity index (χ0v) is 10.8. The summed E-state index contributed by atoms with van der Waals surface area (Å²) in [7, 11) is 3.32. The van der Waals surface area contributed by atoms with Crippen LogP contribution in [0, 0.1) is 5.41 Å². The van der Waals surface area contributed by atoms with E-state index in [9.17, 15) is 4.79 Å². The van der Waals surface area contributed by atoms with Crippen LogP contribution in [-0.2, 0) is 9.53 Å². The maximum absolute atomic E-state index is 11.1. The van der Waals surface area contributed by atoms with Gasteiger partial charge in [0, 0.05) is 25.1 Å². The molecule has 4 heteroatoms. The van der Waals surface area contributed by atoms with Gasteiger partial charge >= 0.3 is 5.97 Å². The normalized spacial score (nSPS) is 17.8. The lowest BCUT2D eigenvalue weighted by Crippen LogP contribution is -2.23. The van der Waals surface area contributed by atoms with Crippen LogP contribution in [0.5, 0.6) is 0 Å². The van der Waals surface area contributed by atoms with E-state index in [0.29, 0.717) is 12.3 Å². The lowest BCUT2D eigenvalue weighted by Gasteiger charge is -2.14. The van der Waals surface area contributed by atoms with Crippen LogP contribution in [-0.4, -0.2) is 26.0 Å². The van der Waals surface area contributed by atoms with Crippen molar-refractivity contribution in [2.75, 3.05) is 19.1 Å². The number of rotatable bonds is 4. The summed E-state index contributed by atoms with van der Waals surface area (Å²) in [6.45, 7) is 0. The second-order valence-corrected chi connectivity index (χ2v) is 4.52. The van der Waals surface area contributed by atoms with Gasteiger partial charge in [0.15, 0.2) is 0 Å². The van der Waals surface area contributed by atoms with E-state index < -0.39 is 0 Å². The number of esters is 1. The van der Waals surface area contributed by atoms with Gasteiger partial charge in [0.25, 0.3) is 0 Å².